The number of benzene rings is 1. The van der Waals surface area contributed by atoms with Crippen LogP contribution in [0.25, 0.3) is 6.08 Å². The lowest BCUT2D eigenvalue weighted by atomic mass is 10.1. The van der Waals surface area contributed by atoms with Crippen LogP contribution in [0.1, 0.15) is 30.5 Å². The van der Waals surface area contributed by atoms with E-state index in [0.29, 0.717) is 27.8 Å². The Morgan fingerprint density at radius 1 is 1.30 bits per heavy atom. The number of pyridine rings is 1. The van der Waals surface area contributed by atoms with E-state index in [2.05, 4.69) is 4.98 Å². The molecule has 0 N–H and O–H groups in total. The van der Waals surface area contributed by atoms with Crippen LogP contribution in [0.2, 0.25) is 0 Å². The van der Waals surface area contributed by atoms with E-state index >= 15 is 0 Å². The van der Waals surface area contributed by atoms with Crippen molar-refractivity contribution in [3.8, 4) is 0 Å². The molecule has 0 saturated carbocycles. The minimum atomic E-state index is -0.898. The Hall–Kier alpha value is -2.51. The zero-order valence-electron chi connectivity index (χ0n) is 14.7. The highest BCUT2D eigenvalue weighted by molar-refractivity contribution is 8.26. The van der Waals surface area contributed by atoms with E-state index in [1.165, 1.54) is 16.7 Å². The monoisotopic (exact) mass is 398 g/mol. The van der Waals surface area contributed by atoms with Gasteiger partial charge >= 0.3 is 5.97 Å². The van der Waals surface area contributed by atoms with Crippen molar-refractivity contribution in [3.05, 3.63) is 70.9 Å². The predicted molar refractivity (Wildman–Crippen MR) is 110 cm³/mol. The van der Waals surface area contributed by atoms with Gasteiger partial charge in [-0.15, -0.1) is 0 Å². The standard InChI is InChI=1S/C20H18N2O3S2/c1-2-11-25-19(24)17(15-8-4-3-5-9-15)22-18(23)16(27-20(22)26)12-14-7-6-10-21-13-14/h3-10,12-13,17H,2,11H2,1H3/b16-12-. The molecule has 1 amide bonds. The van der Waals surface area contributed by atoms with Crippen LogP contribution in [0.3, 0.4) is 0 Å². The summed E-state index contributed by atoms with van der Waals surface area (Å²) >= 11 is 6.60. The third-order valence-electron chi connectivity index (χ3n) is 3.85. The first-order valence-electron chi connectivity index (χ1n) is 8.50. The van der Waals surface area contributed by atoms with Crippen LogP contribution in [0, 0.1) is 0 Å². The van der Waals surface area contributed by atoms with Gasteiger partial charge in [-0.1, -0.05) is 67.3 Å². The summed E-state index contributed by atoms with van der Waals surface area (Å²) in [5, 5.41) is 0. The number of ether oxygens (including phenoxy) is 1. The number of amides is 1. The van der Waals surface area contributed by atoms with Gasteiger partial charge < -0.3 is 4.74 Å². The first-order valence-corrected chi connectivity index (χ1v) is 9.73. The van der Waals surface area contributed by atoms with E-state index in [1.807, 2.05) is 31.2 Å². The maximum Gasteiger partial charge on any atom is 0.333 e. The summed E-state index contributed by atoms with van der Waals surface area (Å²) in [5.74, 6) is -0.793. The van der Waals surface area contributed by atoms with Crippen LogP contribution in [-0.4, -0.2) is 32.7 Å². The first-order chi connectivity index (χ1) is 13.1. The second kappa shape index (κ2) is 8.92. The highest BCUT2D eigenvalue weighted by atomic mass is 32.2. The number of hydrogen-bond donors (Lipinski definition) is 0. The van der Waals surface area contributed by atoms with Gasteiger partial charge in [0, 0.05) is 12.4 Å². The smallest absolute Gasteiger partial charge is 0.333 e. The number of thiocarbonyl (C=S) groups is 1. The summed E-state index contributed by atoms with van der Waals surface area (Å²) in [4.78, 5) is 31.6. The van der Waals surface area contributed by atoms with Crippen molar-refractivity contribution >= 4 is 46.3 Å². The highest BCUT2D eigenvalue weighted by Gasteiger charge is 2.42. The molecular weight excluding hydrogens is 380 g/mol. The van der Waals surface area contributed by atoms with Crippen LogP contribution in [0.5, 0.6) is 0 Å². The summed E-state index contributed by atoms with van der Waals surface area (Å²) in [6.45, 7) is 2.21. The fourth-order valence-electron chi connectivity index (χ4n) is 2.62. The Morgan fingerprint density at radius 3 is 2.74 bits per heavy atom. The zero-order chi connectivity index (χ0) is 19.2. The number of carbonyl (C=O) groups excluding carboxylic acids is 2. The lowest BCUT2D eigenvalue weighted by molar-refractivity contribution is -0.151. The second-order valence-electron chi connectivity index (χ2n) is 5.82. The average Bonchev–Trinajstić information content (AvgIpc) is 2.96. The lowest BCUT2D eigenvalue weighted by Crippen LogP contribution is -2.38. The Kier molecular flexibility index (Phi) is 6.36. The van der Waals surface area contributed by atoms with E-state index in [9.17, 15) is 9.59 Å². The molecule has 0 aliphatic carbocycles. The fraction of sp³-hybridized carbons (Fsp3) is 0.200. The summed E-state index contributed by atoms with van der Waals surface area (Å²) in [6, 6.07) is 11.8. The Bertz CT molecular complexity index is 869. The van der Waals surface area contributed by atoms with Crippen molar-refractivity contribution in [2.45, 2.75) is 19.4 Å². The number of nitrogens with zero attached hydrogens (tertiary/aromatic N) is 2. The largest absolute Gasteiger partial charge is 0.464 e. The Morgan fingerprint density at radius 2 is 2.07 bits per heavy atom. The molecule has 1 atom stereocenters. The van der Waals surface area contributed by atoms with Crippen molar-refractivity contribution in [2.24, 2.45) is 0 Å². The molecular formula is C20H18N2O3S2. The molecule has 0 radical (unpaired) electrons. The maximum atomic E-state index is 13.0. The van der Waals surface area contributed by atoms with Gasteiger partial charge in [0.2, 0.25) is 0 Å². The second-order valence-corrected chi connectivity index (χ2v) is 7.49. The molecule has 138 valence electrons. The van der Waals surface area contributed by atoms with Gasteiger partial charge in [0.1, 0.15) is 4.32 Å². The number of hydrogen-bond acceptors (Lipinski definition) is 6. The molecule has 1 fully saturated rings. The highest BCUT2D eigenvalue weighted by Crippen LogP contribution is 2.38. The third kappa shape index (κ3) is 4.43. The molecule has 7 heteroatoms. The Labute approximate surface area is 167 Å². The quantitative estimate of drug-likeness (QED) is 0.417. The zero-order valence-corrected chi connectivity index (χ0v) is 16.3. The molecule has 1 aliphatic heterocycles. The van der Waals surface area contributed by atoms with Crippen molar-refractivity contribution in [3.63, 3.8) is 0 Å². The maximum absolute atomic E-state index is 13.0. The number of esters is 1. The van der Waals surface area contributed by atoms with Crippen LogP contribution in [0.15, 0.2) is 59.8 Å². The van der Waals surface area contributed by atoms with Gasteiger partial charge in [0.15, 0.2) is 6.04 Å². The summed E-state index contributed by atoms with van der Waals surface area (Å²) < 4.78 is 5.67. The van der Waals surface area contributed by atoms with Crippen LogP contribution in [0.4, 0.5) is 0 Å². The third-order valence-corrected chi connectivity index (χ3v) is 5.18. The molecule has 5 nitrogen and oxygen atoms in total. The minimum absolute atomic E-state index is 0.294. The molecule has 27 heavy (non-hydrogen) atoms. The van der Waals surface area contributed by atoms with Gasteiger partial charge in [-0.05, 0) is 29.7 Å². The van der Waals surface area contributed by atoms with Crippen LogP contribution < -0.4 is 0 Å². The summed E-state index contributed by atoms with van der Waals surface area (Å²) in [7, 11) is 0. The van der Waals surface area contributed by atoms with Crippen molar-refractivity contribution in [1.82, 2.24) is 9.88 Å². The molecule has 1 unspecified atom stereocenters. The average molecular weight is 399 g/mol. The van der Waals surface area contributed by atoms with Gasteiger partial charge in [-0.3, -0.25) is 14.7 Å². The first kappa shape index (κ1) is 19.3. The fourth-order valence-corrected chi connectivity index (χ4v) is 3.94. The number of thioether (sulfide) groups is 1. The molecule has 2 aromatic rings. The normalized spacial score (nSPS) is 16.6. The van der Waals surface area contributed by atoms with Crippen LogP contribution >= 0.6 is 24.0 Å². The number of aromatic nitrogens is 1. The predicted octanol–water partition coefficient (Wildman–Crippen LogP) is 3.98. The molecule has 1 aromatic carbocycles. The number of carbonyl (C=O) groups is 2. The van der Waals surface area contributed by atoms with Gasteiger partial charge in [-0.2, -0.15) is 0 Å². The SMILES string of the molecule is CCCOC(=O)C(c1ccccc1)N1C(=O)/C(=C/c2cccnc2)SC1=S. The topological polar surface area (TPSA) is 59.5 Å². The molecule has 1 aliphatic rings. The van der Waals surface area contributed by atoms with Crippen molar-refractivity contribution in [1.29, 1.82) is 0 Å². The summed E-state index contributed by atoms with van der Waals surface area (Å²) in [5.41, 5.74) is 1.46. The lowest BCUT2D eigenvalue weighted by Gasteiger charge is -2.25. The van der Waals surface area contributed by atoms with E-state index in [-0.39, 0.29) is 5.91 Å². The van der Waals surface area contributed by atoms with Gasteiger partial charge in [-0.25, -0.2) is 4.79 Å². The minimum Gasteiger partial charge on any atom is -0.464 e. The van der Waals surface area contributed by atoms with Gasteiger partial charge in [0.05, 0.1) is 11.5 Å². The molecule has 0 spiro atoms. The number of rotatable bonds is 6. The molecule has 1 saturated heterocycles. The van der Waals surface area contributed by atoms with E-state index in [4.69, 9.17) is 17.0 Å². The van der Waals surface area contributed by atoms with Gasteiger partial charge in [0.25, 0.3) is 5.91 Å². The van der Waals surface area contributed by atoms with E-state index in [1.54, 1.807) is 36.7 Å². The Balaban J connectivity index is 1.94. The van der Waals surface area contributed by atoms with Crippen LogP contribution in [-0.2, 0) is 14.3 Å². The van der Waals surface area contributed by atoms with Crippen molar-refractivity contribution in [2.75, 3.05) is 6.61 Å². The molecule has 3 rings (SSSR count). The van der Waals surface area contributed by atoms with E-state index in [0.717, 1.165) is 5.56 Å². The molecule has 0 bridgehead atoms. The van der Waals surface area contributed by atoms with Crippen molar-refractivity contribution < 1.29 is 14.3 Å². The summed E-state index contributed by atoms with van der Waals surface area (Å²) in [6.07, 6.45) is 5.76. The molecule has 1 aromatic heterocycles. The molecule has 2 heterocycles. The van der Waals surface area contributed by atoms with E-state index < -0.39 is 12.0 Å².